The summed E-state index contributed by atoms with van der Waals surface area (Å²) in [7, 11) is 0. The van der Waals surface area contributed by atoms with E-state index in [9.17, 15) is 9.59 Å². The minimum atomic E-state index is -0.838. The summed E-state index contributed by atoms with van der Waals surface area (Å²) in [4.78, 5) is 26.6. The number of ether oxygens (including phenoxy) is 1. The van der Waals surface area contributed by atoms with E-state index >= 15 is 0 Å². The molecule has 0 aromatic rings. The van der Waals surface area contributed by atoms with Crippen molar-refractivity contribution < 1.29 is 19.4 Å². The number of aliphatic carboxylic acids is 1. The first-order valence-electron chi connectivity index (χ1n) is 7.81. The average Bonchev–Trinajstić information content (AvgIpc) is 2.44. The summed E-state index contributed by atoms with van der Waals surface area (Å²) in [5, 5.41) is 8.58. The highest BCUT2D eigenvalue weighted by atomic mass is 16.5. The lowest BCUT2D eigenvalue weighted by atomic mass is 10.1. The largest absolute Gasteiger partial charge is 0.481 e. The number of carboxylic acid groups (broad SMARTS) is 1. The predicted octanol–water partition coefficient (Wildman–Crippen LogP) is 2.04. The third kappa shape index (κ3) is 6.33. The van der Waals surface area contributed by atoms with Crippen LogP contribution in [-0.2, 0) is 9.53 Å². The van der Waals surface area contributed by atoms with Gasteiger partial charge in [0.2, 0.25) is 0 Å². The van der Waals surface area contributed by atoms with Gasteiger partial charge in [-0.15, -0.1) is 0 Å². The summed E-state index contributed by atoms with van der Waals surface area (Å²) >= 11 is 0. The Labute approximate surface area is 127 Å². The van der Waals surface area contributed by atoms with Crippen LogP contribution >= 0.6 is 0 Å². The average molecular weight is 300 g/mol. The Hall–Kier alpha value is -1.30. The molecule has 6 nitrogen and oxygen atoms in total. The molecule has 1 fully saturated rings. The Kier molecular flexibility index (Phi) is 7.50. The van der Waals surface area contributed by atoms with Crippen LogP contribution < -0.4 is 0 Å². The SMILES string of the molecule is CCN(CC(C)C)C(=O)N1CCC(OCCC(=O)O)CC1. The number of hydrogen-bond donors (Lipinski definition) is 1. The maximum atomic E-state index is 12.4. The van der Waals surface area contributed by atoms with Crippen molar-refractivity contribution in [3.05, 3.63) is 0 Å². The molecule has 0 atom stereocenters. The Bertz CT molecular complexity index is 339. The summed E-state index contributed by atoms with van der Waals surface area (Å²) in [6.45, 7) is 9.36. The van der Waals surface area contributed by atoms with Crippen molar-refractivity contribution in [1.82, 2.24) is 9.80 Å². The van der Waals surface area contributed by atoms with Crippen LogP contribution in [-0.4, -0.2) is 65.8 Å². The Morgan fingerprint density at radius 3 is 2.43 bits per heavy atom. The molecule has 0 unspecified atom stereocenters. The summed E-state index contributed by atoms with van der Waals surface area (Å²) in [5.41, 5.74) is 0. The lowest BCUT2D eigenvalue weighted by molar-refractivity contribution is -0.138. The number of carboxylic acids is 1. The number of hydrogen-bond acceptors (Lipinski definition) is 3. The van der Waals surface area contributed by atoms with Gasteiger partial charge < -0.3 is 19.6 Å². The molecule has 0 spiro atoms. The van der Waals surface area contributed by atoms with Gasteiger partial charge in [0.25, 0.3) is 0 Å². The maximum Gasteiger partial charge on any atom is 0.320 e. The topological polar surface area (TPSA) is 70.1 Å². The molecule has 0 bridgehead atoms. The highest BCUT2D eigenvalue weighted by Crippen LogP contribution is 2.16. The molecular weight excluding hydrogens is 272 g/mol. The zero-order valence-corrected chi connectivity index (χ0v) is 13.4. The molecule has 1 heterocycles. The van der Waals surface area contributed by atoms with E-state index in [-0.39, 0.29) is 25.2 Å². The number of carbonyl (C=O) groups is 2. The second kappa shape index (κ2) is 8.87. The zero-order chi connectivity index (χ0) is 15.8. The quantitative estimate of drug-likeness (QED) is 0.781. The number of nitrogens with zero attached hydrogens (tertiary/aromatic N) is 2. The van der Waals surface area contributed by atoms with Gasteiger partial charge in [-0.25, -0.2) is 4.79 Å². The number of carbonyl (C=O) groups excluding carboxylic acids is 1. The van der Waals surface area contributed by atoms with Crippen molar-refractivity contribution in [3.8, 4) is 0 Å². The molecule has 0 aromatic carbocycles. The molecule has 1 saturated heterocycles. The van der Waals surface area contributed by atoms with Crippen molar-refractivity contribution in [2.45, 2.75) is 46.1 Å². The van der Waals surface area contributed by atoms with Crippen molar-refractivity contribution in [1.29, 1.82) is 0 Å². The van der Waals surface area contributed by atoms with Crippen LogP contribution in [0.3, 0.4) is 0 Å². The second-order valence-electron chi connectivity index (χ2n) is 5.92. The standard InChI is InChI=1S/C15H28N2O4/c1-4-16(11-12(2)3)15(20)17-8-5-13(6-9-17)21-10-7-14(18)19/h12-13H,4-11H2,1-3H3,(H,18,19). The van der Waals surface area contributed by atoms with E-state index in [4.69, 9.17) is 9.84 Å². The summed E-state index contributed by atoms with van der Waals surface area (Å²) < 4.78 is 5.54. The van der Waals surface area contributed by atoms with Crippen LogP contribution in [0.1, 0.15) is 40.0 Å². The van der Waals surface area contributed by atoms with Gasteiger partial charge in [0, 0.05) is 26.2 Å². The molecule has 1 N–H and O–H groups in total. The predicted molar refractivity (Wildman–Crippen MR) is 80.3 cm³/mol. The summed E-state index contributed by atoms with van der Waals surface area (Å²) in [6.07, 6.45) is 1.68. The molecule has 0 saturated carbocycles. The molecule has 1 aliphatic heterocycles. The number of rotatable bonds is 7. The van der Waals surface area contributed by atoms with E-state index in [1.807, 2.05) is 16.7 Å². The lowest BCUT2D eigenvalue weighted by Crippen LogP contribution is -2.48. The van der Waals surface area contributed by atoms with Crippen molar-refractivity contribution in [2.75, 3.05) is 32.8 Å². The molecule has 6 heteroatoms. The minimum absolute atomic E-state index is 0.0388. The van der Waals surface area contributed by atoms with E-state index in [0.29, 0.717) is 19.0 Å². The molecule has 2 amide bonds. The van der Waals surface area contributed by atoms with Crippen LogP contribution in [0.4, 0.5) is 4.79 Å². The van der Waals surface area contributed by atoms with Crippen molar-refractivity contribution in [2.24, 2.45) is 5.92 Å². The zero-order valence-electron chi connectivity index (χ0n) is 13.4. The molecule has 0 aliphatic carbocycles. The highest BCUT2D eigenvalue weighted by Gasteiger charge is 2.26. The molecule has 1 rings (SSSR count). The minimum Gasteiger partial charge on any atom is -0.481 e. The van der Waals surface area contributed by atoms with Gasteiger partial charge in [0.05, 0.1) is 19.1 Å². The fourth-order valence-electron chi connectivity index (χ4n) is 2.51. The molecular formula is C15H28N2O4. The van der Waals surface area contributed by atoms with E-state index in [1.165, 1.54) is 0 Å². The Balaban J connectivity index is 2.34. The van der Waals surface area contributed by atoms with Gasteiger partial charge in [0.1, 0.15) is 0 Å². The van der Waals surface area contributed by atoms with Gasteiger partial charge >= 0.3 is 12.0 Å². The van der Waals surface area contributed by atoms with Crippen LogP contribution in [0, 0.1) is 5.92 Å². The van der Waals surface area contributed by atoms with Crippen LogP contribution in [0.25, 0.3) is 0 Å². The second-order valence-corrected chi connectivity index (χ2v) is 5.92. The van der Waals surface area contributed by atoms with Gasteiger partial charge in [-0.3, -0.25) is 4.79 Å². The molecule has 21 heavy (non-hydrogen) atoms. The molecule has 1 aliphatic rings. The molecule has 122 valence electrons. The maximum absolute atomic E-state index is 12.4. The smallest absolute Gasteiger partial charge is 0.320 e. The van der Waals surface area contributed by atoms with Crippen molar-refractivity contribution >= 4 is 12.0 Å². The van der Waals surface area contributed by atoms with Gasteiger partial charge in [0.15, 0.2) is 0 Å². The van der Waals surface area contributed by atoms with E-state index < -0.39 is 5.97 Å². The van der Waals surface area contributed by atoms with E-state index in [0.717, 1.165) is 25.9 Å². The van der Waals surface area contributed by atoms with E-state index in [1.54, 1.807) is 0 Å². The first-order chi connectivity index (χ1) is 9.93. The fraction of sp³-hybridized carbons (Fsp3) is 0.867. The van der Waals surface area contributed by atoms with Gasteiger partial charge in [-0.1, -0.05) is 13.8 Å². The third-order valence-electron chi connectivity index (χ3n) is 3.62. The highest BCUT2D eigenvalue weighted by molar-refractivity contribution is 5.74. The van der Waals surface area contributed by atoms with Crippen LogP contribution in [0.2, 0.25) is 0 Å². The number of likely N-dealkylation sites (tertiary alicyclic amines) is 1. The van der Waals surface area contributed by atoms with Crippen LogP contribution in [0.15, 0.2) is 0 Å². The molecule has 0 aromatic heterocycles. The number of urea groups is 1. The van der Waals surface area contributed by atoms with Gasteiger partial charge in [-0.2, -0.15) is 0 Å². The van der Waals surface area contributed by atoms with Gasteiger partial charge in [-0.05, 0) is 25.7 Å². The first kappa shape index (κ1) is 17.8. The van der Waals surface area contributed by atoms with Crippen LogP contribution in [0.5, 0.6) is 0 Å². The van der Waals surface area contributed by atoms with Crippen molar-refractivity contribution in [3.63, 3.8) is 0 Å². The Morgan fingerprint density at radius 2 is 1.95 bits per heavy atom. The Morgan fingerprint density at radius 1 is 1.33 bits per heavy atom. The third-order valence-corrected chi connectivity index (χ3v) is 3.62. The molecule has 0 radical (unpaired) electrons. The fourth-order valence-corrected chi connectivity index (χ4v) is 2.51. The summed E-state index contributed by atoms with van der Waals surface area (Å²) in [6, 6.07) is 0.107. The first-order valence-corrected chi connectivity index (χ1v) is 7.81. The van der Waals surface area contributed by atoms with E-state index in [2.05, 4.69) is 13.8 Å². The number of amides is 2. The lowest BCUT2D eigenvalue weighted by Gasteiger charge is -2.36. The normalized spacial score (nSPS) is 16.3. The summed E-state index contributed by atoms with van der Waals surface area (Å²) in [5.74, 6) is -0.374. The monoisotopic (exact) mass is 300 g/mol. The number of piperidine rings is 1.